The van der Waals surface area contributed by atoms with Crippen molar-refractivity contribution < 1.29 is 9.53 Å². The van der Waals surface area contributed by atoms with Crippen LogP contribution in [0.1, 0.15) is 38.9 Å². The van der Waals surface area contributed by atoms with E-state index >= 15 is 0 Å². The Morgan fingerprint density at radius 2 is 2.25 bits per heavy atom. The zero-order chi connectivity index (χ0) is 12.1. The molecule has 0 saturated heterocycles. The quantitative estimate of drug-likeness (QED) is 0.632. The van der Waals surface area contributed by atoms with Crippen LogP contribution in [-0.2, 0) is 9.53 Å². The normalized spacial score (nSPS) is 12.8. The maximum Gasteiger partial charge on any atom is 0.319 e. The number of methoxy groups -OCH3 is 1. The van der Waals surface area contributed by atoms with E-state index in [1.807, 2.05) is 20.8 Å². The number of rotatable bonds is 5. The summed E-state index contributed by atoms with van der Waals surface area (Å²) in [7, 11) is 1.39. The van der Waals surface area contributed by atoms with Crippen molar-refractivity contribution in [3.8, 4) is 0 Å². The van der Waals surface area contributed by atoms with Crippen LogP contribution in [0, 0.1) is 0 Å². The Hall–Kier alpha value is -1.04. The van der Waals surface area contributed by atoms with Crippen molar-refractivity contribution in [1.29, 1.82) is 0 Å². The van der Waals surface area contributed by atoms with E-state index < -0.39 is 0 Å². The number of carbonyl (C=O) groups is 1. The Bertz CT molecular complexity index is 352. The lowest BCUT2D eigenvalue weighted by Crippen LogP contribution is -2.17. The van der Waals surface area contributed by atoms with Gasteiger partial charge in [-0.3, -0.25) is 9.89 Å². The molecule has 0 aliphatic heterocycles. The molecule has 0 bridgehead atoms. The van der Waals surface area contributed by atoms with Crippen LogP contribution >= 0.6 is 11.8 Å². The predicted molar refractivity (Wildman–Crippen MR) is 62.4 cm³/mol. The number of esters is 1. The lowest BCUT2D eigenvalue weighted by molar-refractivity contribution is -0.140. The van der Waals surface area contributed by atoms with Crippen molar-refractivity contribution >= 4 is 17.7 Å². The van der Waals surface area contributed by atoms with Gasteiger partial charge in [-0.25, -0.2) is 4.98 Å². The number of aromatic amines is 1. The second-order valence-corrected chi connectivity index (χ2v) is 4.87. The molecular weight excluding hydrogens is 226 g/mol. The van der Waals surface area contributed by atoms with E-state index in [1.54, 1.807) is 0 Å². The van der Waals surface area contributed by atoms with E-state index in [9.17, 15) is 4.79 Å². The van der Waals surface area contributed by atoms with Gasteiger partial charge in [-0.15, -0.1) is 5.10 Å². The molecule has 0 spiro atoms. The fourth-order valence-corrected chi connectivity index (χ4v) is 1.99. The first-order valence-corrected chi connectivity index (χ1v) is 6.13. The minimum Gasteiger partial charge on any atom is -0.468 e. The van der Waals surface area contributed by atoms with Gasteiger partial charge in [0.05, 0.1) is 7.11 Å². The molecule has 16 heavy (non-hydrogen) atoms. The maximum absolute atomic E-state index is 11.4. The number of H-pyrrole nitrogens is 1. The van der Waals surface area contributed by atoms with Crippen molar-refractivity contribution in [3.05, 3.63) is 5.82 Å². The van der Waals surface area contributed by atoms with Crippen LogP contribution in [0.15, 0.2) is 5.16 Å². The van der Waals surface area contributed by atoms with Crippen molar-refractivity contribution in [1.82, 2.24) is 15.2 Å². The van der Waals surface area contributed by atoms with Crippen molar-refractivity contribution in [3.63, 3.8) is 0 Å². The summed E-state index contributed by atoms with van der Waals surface area (Å²) in [5.74, 6) is 0.908. The van der Waals surface area contributed by atoms with Gasteiger partial charge in [-0.2, -0.15) is 0 Å². The Kier molecular flexibility index (Phi) is 4.79. The number of ether oxygens (including phenoxy) is 1. The predicted octanol–water partition coefficient (Wildman–Crippen LogP) is 1.97. The number of nitrogens with one attached hydrogen (secondary N) is 1. The Labute approximate surface area is 99.4 Å². The number of hydrogen-bond acceptors (Lipinski definition) is 5. The third-order valence-corrected chi connectivity index (χ3v) is 3.32. The summed E-state index contributed by atoms with van der Waals surface area (Å²) in [5.41, 5.74) is 0. The number of thioether (sulfide) groups is 1. The standard InChI is InChI=1S/C10H17N3O2S/c1-5-7(9(14)15-4)16-10-11-8(6(2)3)12-13-10/h6-7H,5H2,1-4H3,(H,11,12,13). The maximum atomic E-state index is 11.4. The van der Waals surface area contributed by atoms with Gasteiger partial charge in [-0.05, 0) is 6.42 Å². The molecule has 0 aliphatic carbocycles. The van der Waals surface area contributed by atoms with Crippen molar-refractivity contribution in [2.24, 2.45) is 0 Å². The SMILES string of the molecule is CCC(Sc1n[nH]c(C(C)C)n1)C(=O)OC. The first-order chi connectivity index (χ1) is 7.58. The third kappa shape index (κ3) is 3.23. The minimum atomic E-state index is -0.235. The van der Waals surface area contributed by atoms with Crippen LogP contribution in [-0.4, -0.2) is 33.5 Å². The summed E-state index contributed by atoms with van der Waals surface area (Å²) in [6.45, 7) is 6.00. The highest BCUT2D eigenvalue weighted by atomic mass is 32.2. The molecule has 5 nitrogen and oxygen atoms in total. The summed E-state index contributed by atoms with van der Waals surface area (Å²) in [6, 6.07) is 0. The summed E-state index contributed by atoms with van der Waals surface area (Å²) in [6.07, 6.45) is 0.697. The molecule has 1 unspecified atom stereocenters. The molecular formula is C10H17N3O2S. The molecule has 1 N–H and O–H groups in total. The largest absolute Gasteiger partial charge is 0.468 e. The smallest absolute Gasteiger partial charge is 0.319 e. The third-order valence-electron chi connectivity index (χ3n) is 2.11. The van der Waals surface area contributed by atoms with Gasteiger partial charge in [-0.1, -0.05) is 32.5 Å². The van der Waals surface area contributed by atoms with Gasteiger partial charge >= 0.3 is 5.97 Å². The van der Waals surface area contributed by atoms with Gasteiger partial charge in [0.15, 0.2) is 0 Å². The number of aromatic nitrogens is 3. The summed E-state index contributed by atoms with van der Waals surface area (Å²) >= 11 is 1.33. The summed E-state index contributed by atoms with van der Waals surface area (Å²) in [5, 5.41) is 7.28. The Morgan fingerprint density at radius 1 is 1.56 bits per heavy atom. The fraction of sp³-hybridized carbons (Fsp3) is 0.700. The molecule has 0 aliphatic rings. The summed E-state index contributed by atoms with van der Waals surface area (Å²) < 4.78 is 4.70. The number of nitrogens with zero attached hydrogens (tertiary/aromatic N) is 2. The topological polar surface area (TPSA) is 67.9 Å². The van der Waals surface area contributed by atoms with Crippen molar-refractivity contribution in [2.45, 2.75) is 43.5 Å². The highest BCUT2D eigenvalue weighted by Gasteiger charge is 2.20. The Morgan fingerprint density at radius 3 is 2.69 bits per heavy atom. The van der Waals surface area contributed by atoms with Gasteiger partial charge in [0.1, 0.15) is 11.1 Å². The monoisotopic (exact) mass is 243 g/mol. The van der Waals surface area contributed by atoms with Crippen LogP contribution in [0.3, 0.4) is 0 Å². The van der Waals surface area contributed by atoms with E-state index in [2.05, 4.69) is 15.2 Å². The minimum absolute atomic E-state index is 0.233. The van der Waals surface area contributed by atoms with Gasteiger partial charge in [0.2, 0.25) is 5.16 Å². The first kappa shape index (κ1) is 13.0. The van der Waals surface area contributed by atoms with Crippen LogP contribution in [0.25, 0.3) is 0 Å². The molecule has 0 fully saturated rings. The molecule has 0 amide bonds. The van der Waals surface area contributed by atoms with E-state index in [4.69, 9.17) is 4.74 Å². The molecule has 90 valence electrons. The molecule has 0 radical (unpaired) electrons. The van der Waals surface area contributed by atoms with Crippen LogP contribution in [0.2, 0.25) is 0 Å². The summed E-state index contributed by atoms with van der Waals surface area (Å²) in [4.78, 5) is 15.7. The second-order valence-electron chi connectivity index (χ2n) is 3.70. The van der Waals surface area contributed by atoms with Crippen molar-refractivity contribution in [2.75, 3.05) is 7.11 Å². The van der Waals surface area contributed by atoms with Gasteiger partial charge in [0.25, 0.3) is 0 Å². The lowest BCUT2D eigenvalue weighted by Gasteiger charge is -2.08. The van der Waals surface area contributed by atoms with E-state index in [0.717, 1.165) is 5.82 Å². The Balaban J connectivity index is 2.67. The molecule has 6 heteroatoms. The highest BCUT2D eigenvalue weighted by molar-refractivity contribution is 8.00. The van der Waals surface area contributed by atoms with E-state index in [-0.39, 0.29) is 11.2 Å². The molecule has 1 heterocycles. The number of hydrogen-bond donors (Lipinski definition) is 1. The van der Waals surface area contributed by atoms with E-state index in [1.165, 1.54) is 18.9 Å². The molecule has 1 aromatic heterocycles. The van der Waals surface area contributed by atoms with Crippen LogP contribution in [0.5, 0.6) is 0 Å². The van der Waals surface area contributed by atoms with Gasteiger partial charge < -0.3 is 4.74 Å². The number of carbonyl (C=O) groups excluding carboxylic acids is 1. The zero-order valence-corrected chi connectivity index (χ0v) is 10.8. The van der Waals surface area contributed by atoms with Crippen LogP contribution < -0.4 is 0 Å². The second kappa shape index (κ2) is 5.89. The molecule has 1 rings (SSSR count). The fourth-order valence-electron chi connectivity index (χ4n) is 1.13. The average Bonchev–Trinajstić information content (AvgIpc) is 2.73. The lowest BCUT2D eigenvalue weighted by atomic mass is 10.2. The first-order valence-electron chi connectivity index (χ1n) is 5.25. The van der Waals surface area contributed by atoms with Gasteiger partial charge in [0, 0.05) is 5.92 Å². The van der Waals surface area contributed by atoms with E-state index in [0.29, 0.717) is 17.5 Å². The highest BCUT2D eigenvalue weighted by Crippen LogP contribution is 2.23. The molecule has 0 aromatic carbocycles. The molecule has 1 atom stereocenters. The molecule has 0 saturated carbocycles. The average molecular weight is 243 g/mol. The van der Waals surface area contributed by atoms with Crippen LogP contribution in [0.4, 0.5) is 0 Å². The zero-order valence-electron chi connectivity index (χ0n) is 9.98. The molecule has 1 aromatic rings.